The van der Waals surface area contributed by atoms with Gasteiger partial charge in [0.2, 0.25) is 0 Å². The molecule has 5 heteroatoms. The molecule has 1 aromatic heterocycles. The molecule has 0 amide bonds. The molecule has 0 aliphatic carbocycles. The average Bonchev–Trinajstić information content (AvgIpc) is 3.03. The summed E-state index contributed by atoms with van der Waals surface area (Å²) >= 11 is 0. The molecule has 118 valence electrons. The predicted molar refractivity (Wildman–Crippen MR) is 85.0 cm³/mol. The molecule has 0 bridgehead atoms. The van der Waals surface area contributed by atoms with E-state index < -0.39 is 0 Å². The van der Waals surface area contributed by atoms with Crippen molar-refractivity contribution in [3.8, 4) is 11.5 Å². The van der Waals surface area contributed by atoms with Gasteiger partial charge in [0.05, 0.1) is 13.4 Å². The van der Waals surface area contributed by atoms with Crippen LogP contribution in [0.4, 0.5) is 0 Å². The number of phenols is 1. The molecule has 1 saturated heterocycles. The molecule has 1 fully saturated rings. The molecule has 1 N–H and O–H groups in total. The van der Waals surface area contributed by atoms with E-state index in [0.717, 1.165) is 25.2 Å². The molecule has 22 heavy (non-hydrogen) atoms. The van der Waals surface area contributed by atoms with E-state index in [1.165, 1.54) is 6.42 Å². The summed E-state index contributed by atoms with van der Waals surface area (Å²) in [5, 5.41) is 9.91. The van der Waals surface area contributed by atoms with Crippen LogP contribution in [0.3, 0.4) is 0 Å². The van der Waals surface area contributed by atoms with Crippen LogP contribution in [0.2, 0.25) is 0 Å². The number of aromatic nitrogens is 2. The van der Waals surface area contributed by atoms with Gasteiger partial charge in [0.25, 0.3) is 0 Å². The van der Waals surface area contributed by atoms with Gasteiger partial charge in [0.1, 0.15) is 0 Å². The Labute approximate surface area is 131 Å². The van der Waals surface area contributed by atoms with Crippen LogP contribution in [0.5, 0.6) is 11.5 Å². The number of ether oxygens (including phenoxy) is 1. The lowest BCUT2D eigenvalue weighted by Crippen LogP contribution is -2.40. The van der Waals surface area contributed by atoms with Gasteiger partial charge in [0, 0.05) is 31.5 Å². The van der Waals surface area contributed by atoms with Crippen molar-refractivity contribution < 1.29 is 9.84 Å². The number of piperidine rings is 1. The first-order valence-electron chi connectivity index (χ1n) is 7.73. The quantitative estimate of drug-likeness (QED) is 0.943. The van der Waals surface area contributed by atoms with Crippen molar-refractivity contribution >= 4 is 0 Å². The zero-order valence-corrected chi connectivity index (χ0v) is 13.1. The molecular weight excluding hydrogens is 278 g/mol. The Bertz CT molecular complexity index is 612. The summed E-state index contributed by atoms with van der Waals surface area (Å²) in [6, 6.07) is 6.10. The second kappa shape index (κ2) is 6.40. The highest BCUT2D eigenvalue weighted by atomic mass is 16.5. The summed E-state index contributed by atoms with van der Waals surface area (Å²) in [4.78, 5) is 6.61. The summed E-state index contributed by atoms with van der Waals surface area (Å²) in [6.07, 6.45) is 6.96. The van der Waals surface area contributed by atoms with Crippen LogP contribution >= 0.6 is 0 Å². The smallest absolute Gasteiger partial charge is 0.160 e. The molecule has 0 spiro atoms. The minimum atomic E-state index is 0.205. The third-order valence-electron chi connectivity index (χ3n) is 4.56. The zero-order chi connectivity index (χ0) is 15.5. The lowest BCUT2D eigenvalue weighted by Gasteiger charge is -2.37. The highest BCUT2D eigenvalue weighted by Gasteiger charge is 2.27. The second-order valence-corrected chi connectivity index (χ2v) is 6.08. The maximum absolute atomic E-state index is 9.91. The molecule has 2 heterocycles. The van der Waals surface area contributed by atoms with Crippen molar-refractivity contribution in [1.29, 1.82) is 0 Å². The molecule has 0 radical (unpaired) electrons. The van der Waals surface area contributed by atoms with Gasteiger partial charge in [-0.25, -0.2) is 4.98 Å². The van der Waals surface area contributed by atoms with Gasteiger partial charge in [-0.1, -0.05) is 13.0 Å². The highest BCUT2D eigenvalue weighted by Crippen LogP contribution is 2.30. The third-order valence-corrected chi connectivity index (χ3v) is 4.56. The van der Waals surface area contributed by atoms with Gasteiger partial charge in [-0.3, -0.25) is 4.90 Å². The van der Waals surface area contributed by atoms with Crippen molar-refractivity contribution in [2.24, 2.45) is 5.92 Å². The summed E-state index contributed by atoms with van der Waals surface area (Å²) in [5.41, 5.74) is 1.11. The van der Waals surface area contributed by atoms with Crippen molar-refractivity contribution in [3.63, 3.8) is 0 Å². The van der Waals surface area contributed by atoms with Crippen molar-refractivity contribution in [2.75, 3.05) is 20.2 Å². The van der Waals surface area contributed by atoms with E-state index in [-0.39, 0.29) is 5.75 Å². The molecule has 0 unspecified atom stereocenters. The Morgan fingerprint density at radius 1 is 1.41 bits per heavy atom. The summed E-state index contributed by atoms with van der Waals surface area (Å²) in [5.74, 6) is 1.37. The van der Waals surface area contributed by atoms with E-state index in [2.05, 4.69) is 21.4 Å². The number of aromatic hydroxyl groups is 1. The molecule has 0 saturated carbocycles. The first kappa shape index (κ1) is 14.9. The monoisotopic (exact) mass is 301 g/mol. The van der Waals surface area contributed by atoms with Crippen molar-refractivity contribution in [1.82, 2.24) is 14.5 Å². The molecule has 1 aromatic carbocycles. The largest absolute Gasteiger partial charge is 0.504 e. The lowest BCUT2D eigenvalue weighted by molar-refractivity contribution is 0.126. The number of nitrogens with zero attached hydrogens (tertiary/aromatic N) is 3. The number of benzene rings is 1. The summed E-state index contributed by atoms with van der Waals surface area (Å²) in [7, 11) is 1.57. The van der Waals surface area contributed by atoms with Gasteiger partial charge in [0.15, 0.2) is 11.5 Å². The number of methoxy groups -OCH3 is 1. The third kappa shape index (κ3) is 3.09. The van der Waals surface area contributed by atoms with E-state index in [0.29, 0.717) is 17.7 Å². The fraction of sp³-hybridized carbons (Fsp3) is 0.471. The second-order valence-electron chi connectivity index (χ2n) is 6.08. The molecule has 5 nitrogen and oxygen atoms in total. The minimum absolute atomic E-state index is 0.205. The lowest BCUT2D eigenvalue weighted by atomic mass is 9.93. The number of phenolic OH excluding ortho intramolecular Hbond substituents is 1. The number of hydrogen-bond donors (Lipinski definition) is 1. The Morgan fingerprint density at radius 3 is 2.95 bits per heavy atom. The van der Waals surface area contributed by atoms with E-state index in [9.17, 15) is 5.11 Å². The highest BCUT2D eigenvalue weighted by molar-refractivity contribution is 5.41. The fourth-order valence-corrected chi connectivity index (χ4v) is 3.20. The van der Waals surface area contributed by atoms with Crippen molar-refractivity contribution in [3.05, 3.63) is 42.5 Å². The van der Waals surface area contributed by atoms with E-state index in [1.54, 1.807) is 13.2 Å². The maximum Gasteiger partial charge on any atom is 0.160 e. The van der Waals surface area contributed by atoms with Crippen LogP contribution in [-0.4, -0.2) is 39.8 Å². The normalized spacial score (nSPS) is 22.6. The number of hydrogen-bond acceptors (Lipinski definition) is 4. The molecule has 2 aromatic rings. The zero-order valence-electron chi connectivity index (χ0n) is 13.1. The topological polar surface area (TPSA) is 50.5 Å². The van der Waals surface area contributed by atoms with Gasteiger partial charge < -0.3 is 14.4 Å². The Kier molecular flexibility index (Phi) is 4.34. The summed E-state index contributed by atoms with van der Waals surface area (Å²) in [6.45, 7) is 5.24. The maximum atomic E-state index is 9.91. The first-order valence-corrected chi connectivity index (χ1v) is 7.73. The minimum Gasteiger partial charge on any atom is -0.504 e. The van der Waals surface area contributed by atoms with Crippen LogP contribution < -0.4 is 4.74 Å². The fourth-order valence-electron chi connectivity index (χ4n) is 3.20. The van der Waals surface area contributed by atoms with Crippen LogP contribution in [0, 0.1) is 5.92 Å². The number of imidazole rings is 1. The van der Waals surface area contributed by atoms with Gasteiger partial charge in [-0.2, -0.15) is 0 Å². The predicted octanol–water partition coefficient (Wildman–Crippen LogP) is 2.68. The van der Waals surface area contributed by atoms with E-state index in [1.807, 2.05) is 30.9 Å². The van der Waals surface area contributed by atoms with Gasteiger partial charge in [-0.05, 0) is 36.6 Å². The molecular formula is C17H23N3O2. The van der Waals surface area contributed by atoms with Crippen LogP contribution in [0.15, 0.2) is 36.9 Å². The Hall–Kier alpha value is -2.01. The van der Waals surface area contributed by atoms with Crippen molar-refractivity contribution in [2.45, 2.75) is 25.9 Å². The van der Waals surface area contributed by atoms with Gasteiger partial charge >= 0.3 is 0 Å². The standard InChI is InChI=1S/C17H23N3O2/c1-13-5-7-19(11-15(13)20-8-6-18-12-20)10-14-3-4-17(22-2)16(21)9-14/h3-4,6,8-9,12-13,15,21H,5,7,10-11H2,1-2H3/t13-,15-/m0/s1. The Balaban J connectivity index is 1.69. The molecule has 1 aliphatic heterocycles. The van der Waals surface area contributed by atoms with Crippen LogP contribution in [-0.2, 0) is 6.54 Å². The molecule has 2 atom stereocenters. The van der Waals surface area contributed by atoms with Crippen LogP contribution in [0.25, 0.3) is 0 Å². The van der Waals surface area contributed by atoms with E-state index >= 15 is 0 Å². The first-order chi connectivity index (χ1) is 10.7. The summed E-state index contributed by atoms with van der Waals surface area (Å²) < 4.78 is 7.31. The SMILES string of the molecule is COc1ccc(CN2CC[C@H](C)[C@@H](n3ccnc3)C2)cc1O. The van der Waals surface area contributed by atoms with E-state index in [4.69, 9.17) is 4.74 Å². The van der Waals surface area contributed by atoms with Crippen LogP contribution in [0.1, 0.15) is 24.9 Å². The number of rotatable bonds is 4. The number of likely N-dealkylation sites (tertiary alicyclic amines) is 1. The van der Waals surface area contributed by atoms with Gasteiger partial charge in [-0.15, -0.1) is 0 Å². The molecule has 1 aliphatic rings. The molecule has 3 rings (SSSR count). The average molecular weight is 301 g/mol. The Morgan fingerprint density at radius 2 is 2.27 bits per heavy atom.